The normalized spacial score (nSPS) is 10.5. The minimum absolute atomic E-state index is 0.205. The third-order valence-corrected chi connectivity index (χ3v) is 4.47. The topological polar surface area (TPSA) is 39.2 Å². The Morgan fingerprint density at radius 2 is 2.30 bits per heavy atom. The van der Waals surface area contributed by atoms with Crippen LogP contribution in [-0.2, 0) is 17.6 Å². The maximum Gasteiger partial charge on any atom is 0.348 e. The number of pyridine rings is 1. The molecule has 2 heterocycles. The predicted molar refractivity (Wildman–Crippen MR) is 81.3 cm³/mol. The number of esters is 1. The molecule has 2 rings (SSSR count). The maximum absolute atomic E-state index is 11.9. The van der Waals surface area contributed by atoms with Gasteiger partial charge in [-0.05, 0) is 49.4 Å². The summed E-state index contributed by atoms with van der Waals surface area (Å²) < 4.78 is 5.31. The van der Waals surface area contributed by atoms with Gasteiger partial charge < -0.3 is 4.74 Å². The standard InChI is InChI=1S/C16H19NO2S/c1-3-14-12(2)10-15(20-14)16(18)19-9-5-7-13-6-4-8-17-11-13/h4,6,8,10-11H,3,5,7,9H2,1-2H3. The molecule has 0 aliphatic heterocycles. The highest BCUT2D eigenvalue weighted by Crippen LogP contribution is 2.23. The SMILES string of the molecule is CCc1sc(C(=O)OCCCc2cccnc2)cc1C. The molecule has 0 aliphatic carbocycles. The second-order valence-electron chi connectivity index (χ2n) is 4.67. The van der Waals surface area contributed by atoms with Crippen LogP contribution in [0.4, 0.5) is 0 Å². The molecular formula is C16H19NO2S. The van der Waals surface area contributed by atoms with Crippen molar-refractivity contribution in [1.29, 1.82) is 0 Å². The summed E-state index contributed by atoms with van der Waals surface area (Å²) >= 11 is 1.54. The smallest absolute Gasteiger partial charge is 0.348 e. The van der Waals surface area contributed by atoms with Gasteiger partial charge in [-0.1, -0.05) is 13.0 Å². The summed E-state index contributed by atoms with van der Waals surface area (Å²) in [5, 5.41) is 0. The highest BCUT2D eigenvalue weighted by Gasteiger charge is 2.12. The summed E-state index contributed by atoms with van der Waals surface area (Å²) in [4.78, 5) is 17.9. The largest absolute Gasteiger partial charge is 0.461 e. The van der Waals surface area contributed by atoms with Crippen molar-refractivity contribution < 1.29 is 9.53 Å². The van der Waals surface area contributed by atoms with E-state index in [2.05, 4.69) is 11.9 Å². The van der Waals surface area contributed by atoms with Crippen LogP contribution in [0.15, 0.2) is 30.6 Å². The Bertz CT molecular complexity index is 563. The first-order valence-electron chi connectivity index (χ1n) is 6.86. The summed E-state index contributed by atoms with van der Waals surface area (Å²) in [5.74, 6) is -0.205. The number of hydrogen-bond donors (Lipinski definition) is 0. The zero-order valence-electron chi connectivity index (χ0n) is 11.9. The highest BCUT2D eigenvalue weighted by molar-refractivity contribution is 7.14. The first-order chi connectivity index (χ1) is 9.70. The molecule has 0 radical (unpaired) electrons. The van der Waals surface area contributed by atoms with E-state index in [0.29, 0.717) is 11.5 Å². The third-order valence-electron chi connectivity index (χ3n) is 3.11. The molecule has 106 valence electrons. The molecule has 0 unspecified atom stereocenters. The summed E-state index contributed by atoms with van der Waals surface area (Å²) in [6.07, 6.45) is 6.27. The number of carbonyl (C=O) groups excluding carboxylic acids is 1. The van der Waals surface area contributed by atoms with Crippen LogP contribution < -0.4 is 0 Å². The first kappa shape index (κ1) is 14.7. The van der Waals surface area contributed by atoms with Crippen molar-refractivity contribution in [2.75, 3.05) is 6.61 Å². The fourth-order valence-electron chi connectivity index (χ4n) is 2.03. The summed E-state index contributed by atoms with van der Waals surface area (Å²) in [6, 6.07) is 5.87. The number of rotatable bonds is 6. The Hall–Kier alpha value is -1.68. The molecular weight excluding hydrogens is 270 g/mol. The Morgan fingerprint density at radius 3 is 2.95 bits per heavy atom. The van der Waals surface area contributed by atoms with E-state index in [-0.39, 0.29) is 5.97 Å². The lowest BCUT2D eigenvalue weighted by Gasteiger charge is -2.03. The van der Waals surface area contributed by atoms with Gasteiger partial charge in [-0.25, -0.2) is 4.79 Å². The van der Waals surface area contributed by atoms with E-state index in [1.807, 2.05) is 31.3 Å². The van der Waals surface area contributed by atoms with Gasteiger partial charge in [0.15, 0.2) is 0 Å². The number of aromatic nitrogens is 1. The first-order valence-corrected chi connectivity index (χ1v) is 7.67. The number of aryl methyl sites for hydroxylation is 3. The van der Waals surface area contributed by atoms with E-state index in [1.54, 1.807) is 6.20 Å². The number of nitrogens with zero attached hydrogens (tertiary/aromatic N) is 1. The van der Waals surface area contributed by atoms with E-state index in [1.165, 1.54) is 27.3 Å². The minimum Gasteiger partial charge on any atom is -0.461 e. The molecule has 0 N–H and O–H groups in total. The van der Waals surface area contributed by atoms with Crippen molar-refractivity contribution in [3.05, 3.63) is 51.5 Å². The second kappa shape index (κ2) is 7.20. The van der Waals surface area contributed by atoms with Gasteiger partial charge in [0.1, 0.15) is 4.88 Å². The molecule has 0 spiro atoms. The molecule has 0 aromatic carbocycles. The van der Waals surface area contributed by atoms with E-state index >= 15 is 0 Å². The Balaban J connectivity index is 1.77. The van der Waals surface area contributed by atoms with Gasteiger partial charge >= 0.3 is 5.97 Å². The zero-order valence-corrected chi connectivity index (χ0v) is 12.7. The van der Waals surface area contributed by atoms with Gasteiger partial charge in [-0.3, -0.25) is 4.98 Å². The Morgan fingerprint density at radius 1 is 1.45 bits per heavy atom. The van der Waals surface area contributed by atoms with E-state index in [4.69, 9.17) is 4.74 Å². The molecule has 4 heteroatoms. The van der Waals surface area contributed by atoms with Crippen LogP contribution in [0, 0.1) is 6.92 Å². The maximum atomic E-state index is 11.9. The van der Waals surface area contributed by atoms with E-state index in [0.717, 1.165) is 19.3 Å². The monoisotopic (exact) mass is 289 g/mol. The average Bonchev–Trinajstić information content (AvgIpc) is 2.86. The van der Waals surface area contributed by atoms with Gasteiger partial charge in [-0.2, -0.15) is 0 Å². The Labute approximate surface area is 123 Å². The van der Waals surface area contributed by atoms with Crippen LogP contribution >= 0.6 is 11.3 Å². The van der Waals surface area contributed by atoms with Crippen molar-refractivity contribution in [3.63, 3.8) is 0 Å². The number of hydrogen-bond acceptors (Lipinski definition) is 4. The molecule has 3 nitrogen and oxygen atoms in total. The second-order valence-corrected chi connectivity index (χ2v) is 5.81. The van der Waals surface area contributed by atoms with Crippen molar-refractivity contribution in [2.45, 2.75) is 33.1 Å². The molecule has 2 aromatic heterocycles. The summed E-state index contributed by atoms with van der Waals surface area (Å²) in [7, 11) is 0. The molecule has 0 aliphatic rings. The van der Waals surface area contributed by atoms with Gasteiger partial charge in [0.2, 0.25) is 0 Å². The van der Waals surface area contributed by atoms with Crippen molar-refractivity contribution in [3.8, 4) is 0 Å². The predicted octanol–water partition coefficient (Wildman–Crippen LogP) is 3.80. The molecule has 20 heavy (non-hydrogen) atoms. The van der Waals surface area contributed by atoms with Crippen LogP contribution in [0.3, 0.4) is 0 Å². The molecule has 0 fully saturated rings. The molecule has 0 saturated carbocycles. The van der Waals surface area contributed by atoms with Gasteiger partial charge in [0.05, 0.1) is 6.61 Å². The highest BCUT2D eigenvalue weighted by atomic mass is 32.1. The van der Waals surface area contributed by atoms with Crippen LogP contribution in [0.2, 0.25) is 0 Å². The fourth-order valence-corrected chi connectivity index (χ4v) is 3.04. The minimum atomic E-state index is -0.205. The number of carbonyl (C=O) groups is 1. The fraction of sp³-hybridized carbons (Fsp3) is 0.375. The van der Waals surface area contributed by atoms with Crippen LogP contribution in [0.25, 0.3) is 0 Å². The summed E-state index contributed by atoms with van der Waals surface area (Å²) in [5.41, 5.74) is 2.35. The summed E-state index contributed by atoms with van der Waals surface area (Å²) in [6.45, 7) is 4.59. The van der Waals surface area contributed by atoms with Crippen LogP contribution in [0.1, 0.15) is 39.0 Å². The van der Waals surface area contributed by atoms with Crippen LogP contribution in [0.5, 0.6) is 0 Å². The lowest BCUT2D eigenvalue weighted by molar-refractivity contribution is 0.0506. The molecule has 0 bridgehead atoms. The van der Waals surface area contributed by atoms with Gasteiger partial charge in [-0.15, -0.1) is 11.3 Å². The molecule has 0 saturated heterocycles. The van der Waals surface area contributed by atoms with E-state index in [9.17, 15) is 4.79 Å². The average molecular weight is 289 g/mol. The van der Waals surface area contributed by atoms with Crippen molar-refractivity contribution in [1.82, 2.24) is 4.98 Å². The molecule has 0 amide bonds. The zero-order chi connectivity index (χ0) is 14.4. The van der Waals surface area contributed by atoms with Crippen molar-refractivity contribution >= 4 is 17.3 Å². The molecule has 0 atom stereocenters. The van der Waals surface area contributed by atoms with E-state index < -0.39 is 0 Å². The van der Waals surface area contributed by atoms with Gasteiger partial charge in [0.25, 0.3) is 0 Å². The lowest BCUT2D eigenvalue weighted by Crippen LogP contribution is -2.05. The lowest BCUT2D eigenvalue weighted by atomic mass is 10.2. The van der Waals surface area contributed by atoms with Crippen molar-refractivity contribution in [2.24, 2.45) is 0 Å². The van der Waals surface area contributed by atoms with Gasteiger partial charge in [0, 0.05) is 17.3 Å². The van der Waals surface area contributed by atoms with Crippen LogP contribution in [-0.4, -0.2) is 17.6 Å². The Kier molecular flexibility index (Phi) is 5.30. The molecule has 2 aromatic rings. The number of thiophene rings is 1. The third kappa shape index (κ3) is 3.90. The number of ether oxygens (including phenoxy) is 1. The quantitative estimate of drug-likeness (QED) is 0.599.